The van der Waals surface area contributed by atoms with Crippen LogP contribution in [0.5, 0.6) is 0 Å². The quantitative estimate of drug-likeness (QED) is 0.829. The molecule has 0 radical (unpaired) electrons. The molecular formula is C15H16N2O3S. The highest BCUT2D eigenvalue weighted by Crippen LogP contribution is 2.23. The third kappa shape index (κ3) is 4.68. The molecule has 0 fully saturated rings. The second kappa shape index (κ2) is 7.54. The van der Waals surface area contributed by atoms with Crippen molar-refractivity contribution in [2.24, 2.45) is 0 Å². The van der Waals surface area contributed by atoms with E-state index in [1.165, 1.54) is 18.4 Å². The molecule has 1 amide bonds. The van der Waals surface area contributed by atoms with E-state index in [1.807, 2.05) is 35.7 Å². The summed E-state index contributed by atoms with van der Waals surface area (Å²) in [5, 5.41) is 5.44. The second-order valence-corrected chi connectivity index (χ2v) is 5.22. The molecule has 0 saturated carbocycles. The van der Waals surface area contributed by atoms with E-state index in [9.17, 15) is 9.59 Å². The van der Waals surface area contributed by atoms with E-state index in [4.69, 9.17) is 0 Å². The van der Waals surface area contributed by atoms with Gasteiger partial charge in [-0.2, -0.15) is 0 Å². The summed E-state index contributed by atoms with van der Waals surface area (Å²) >= 11 is 1.51. The maximum Gasteiger partial charge on any atom is 0.307 e. The lowest BCUT2D eigenvalue weighted by Gasteiger charge is -2.02. The minimum Gasteiger partial charge on any atom is -0.469 e. The van der Waals surface area contributed by atoms with Gasteiger partial charge in [0.15, 0.2) is 0 Å². The Morgan fingerprint density at radius 1 is 1.29 bits per heavy atom. The Hall–Kier alpha value is -2.21. The summed E-state index contributed by atoms with van der Waals surface area (Å²) in [6, 6.07) is 9.83. The molecule has 21 heavy (non-hydrogen) atoms. The van der Waals surface area contributed by atoms with Crippen molar-refractivity contribution in [3.63, 3.8) is 0 Å². The molecule has 0 aliphatic carbocycles. The van der Waals surface area contributed by atoms with Gasteiger partial charge in [-0.1, -0.05) is 30.3 Å². The molecule has 6 heteroatoms. The summed E-state index contributed by atoms with van der Waals surface area (Å²) < 4.78 is 4.50. The third-order valence-corrected chi connectivity index (χ3v) is 3.73. The van der Waals surface area contributed by atoms with Crippen molar-refractivity contribution in [1.82, 2.24) is 10.3 Å². The summed E-state index contributed by atoms with van der Waals surface area (Å²) in [5.41, 5.74) is 1.77. The number of benzene rings is 1. The van der Waals surface area contributed by atoms with Crippen LogP contribution in [0.4, 0.5) is 0 Å². The van der Waals surface area contributed by atoms with Crippen molar-refractivity contribution < 1.29 is 14.3 Å². The van der Waals surface area contributed by atoms with Crippen molar-refractivity contribution in [2.45, 2.75) is 12.8 Å². The van der Waals surface area contributed by atoms with Gasteiger partial charge in [-0.15, -0.1) is 11.3 Å². The van der Waals surface area contributed by atoms with Gasteiger partial charge in [0.2, 0.25) is 5.91 Å². The van der Waals surface area contributed by atoms with Crippen LogP contribution in [0.25, 0.3) is 10.6 Å². The summed E-state index contributed by atoms with van der Waals surface area (Å²) in [6.07, 6.45) is 0.388. The average molecular weight is 304 g/mol. The van der Waals surface area contributed by atoms with Crippen LogP contribution < -0.4 is 5.32 Å². The fourth-order valence-electron chi connectivity index (χ4n) is 1.73. The summed E-state index contributed by atoms with van der Waals surface area (Å²) in [5.74, 6) is -0.487. The number of hydrogen-bond donors (Lipinski definition) is 1. The minimum absolute atomic E-state index is 0.149. The van der Waals surface area contributed by atoms with Gasteiger partial charge in [-0.3, -0.25) is 9.59 Å². The van der Waals surface area contributed by atoms with E-state index < -0.39 is 0 Å². The first-order chi connectivity index (χ1) is 10.2. The number of nitrogens with zero attached hydrogens (tertiary/aromatic N) is 1. The molecule has 0 unspecified atom stereocenters. The van der Waals surface area contributed by atoms with Crippen LogP contribution in [-0.2, 0) is 20.7 Å². The average Bonchev–Trinajstić information content (AvgIpc) is 2.96. The number of carbonyl (C=O) groups is 2. The Balaban J connectivity index is 1.85. The number of esters is 1. The largest absolute Gasteiger partial charge is 0.469 e. The van der Waals surface area contributed by atoms with Gasteiger partial charge in [0, 0.05) is 17.5 Å². The Morgan fingerprint density at radius 3 is 2.76 bits per heavy atom. The number of carbonyl (C=O) groups excluding carboxylic acids is 2. The monoisotopic (exact) mass is 304 g/mol. The molecule has 0 saturated heterocycles. The highest BCUT2D eigenvalue weighted by atomic mass is 32.1. The van der Waals surface area contributed by atoms with Gasteiger partial charge >= 0.3 is 5.97 Å². The number of amides is 1. The minimum atomic E-state index is -0.338. The Labute approximate surface area is 127 Å². The fourth-order valence-corrected chi connectivity index (χ4v) is 2.56. The summed E-state index contributed by atoms with van der Waals surface area (Å²) in [4.78, 5) is 27.1. The van der Waals surface area contributed by atoms with Crippen molar-refractivity contribution >= 4 is 23.2 Å². The van der Waals surface area contributed by atoms with Crippen LogP contribution in [0, 0.1) is 0 Å². The zero-order valence-corrected chi connectivity index (χ0v) is 12.5. The Bertz CT molecular complexity index is 610. The van der Waals surface area contributed by atoms with Gasteiger partial charge in [-0.05, 0) is 0 Å². The lowest BCUT2D eigenvalue weighted by Crippen LogP contribution is -2.27. The summed E-state index contributed by atoms with van der Waals surface area (Å²) in [6.45, 7) is 0.279. The van der Waals surface area contributed by atoms with E-state index in [0.29, 0.717) is 0 Å². The molecule has 0 spiro atoms. The van der Waals surface area contributed by atoms with E-state index in [2.05, 4.69) is 15.0 Å². The molecule has 2 aromatic rings. The molecule has 1 N–H and O–H groups in total. The van der Waals surface area contributed by atoms with E-state index >= 15 is 0 Å². The standard InChI is InChI=1S/C15H16N2O3S/c1-20-14(19)7-8-16-13(18)9-12-10-21-15(17-12)11-5-3-2-4-6-11/h2-6,10H,7-9H2,1H3,(H,16,18). The fraction of sp³-hybridized carbons (Fsp3) is 0.267. The van der Waals surface area contributed by atoms with Gasteiger partial charge in [0.1, 0.15) is 5.01 Å². The molecule has 5 nitrogen and oxygen atoms in total. The lowest BCUT2D eigenvalue weighted by atomic mass is 10.2. The van der Waals surface area contributed by atoms with Crippen molar-refractivity contribution in [3.05, 3.63) is 41.4 Å². The zero-order valence-electron chi connectivity index (χ0n) is 11.7. The van der Waals surface area contributed by atoms with Gasteiger partial charge in [0.05, 0.1) is 25.6 Å². The number of methoxy groups -OCH3 is 1. The SMILES string of the molecule is COC(=O)CCNC(=O)Cc1csc(-c2ccccc2)n1. The van der Waals surface area contributed by atoms with Gasteiger partial charge in [0.25, 0.3) is 0 Å². The molecule has 1 aromatic heterocycles. The van der Waals surface area contributed by atoms with Crippen LogP contribution >= 0.6 is 11.3 Å². The smallest absolute Gasteiger partial charge is 0.307 e. The molecule has 2 rings (SSSR count). The van der Waals surface area contributed by atoms with Crippen LogP contribution in [-0.4, -0.2) is 30.5 Å². The van der Waals surface area contributed by atoms with Crippen LogP contribution in [0.3, 0.4) is 0 Å². The van der Waals surface area contributed by atoms with Crippen molar-refractivity contribution in [3.8, 4) is 10.6 Å². The van der Waals surface area contributed by atoms with Gasteiger partial charge in [-0.25, -0.2) is 4.98 Å². The normalized spacial score (nSPS) is 10.1. The lowest BCUT2D eigenvalue weighted by molar-refractivity contribution is -0.140. The van der Waals surface area contributed by atoms with E-state index in [1.54, 1.807) is 0 Å². The topological polar surface area (TPSA) is 68.3 Å². The highest BCUT2D eigenvalue weighted by molar-refractivity contribution is 7.13. The maximum atomic E-state index is 11.7. The van der Waals surface area contributed by atoms with E-state index in [0.717, 1.165) is 16.3 Å². The van der Waals surface area contributed by atoms with Crippen LogP contribution in [0.2, 0.25) is 0 Å². The van der Waals surface area contributed by atoms with Crippen molar-refractivity contribution in [2.75, 3.05) is 13.7 Å². The molecule has 1 heterocycles. The van der Waals surface area contributed by atoms with Crippen molar-refractivity contribution in [1.29, 1.82) is 0 Å². The predicted octanol–water partition coefficient (Wildman–Crippen LogP) is 2.03. The molecular weight excluding hydrogens is 288 g/mol. The van der Waals surface area contributed by atoms with Gasteiger partial charge < -0.3 is 10.1 Å². The summed E-state index contributed by atoms with van der Waals surface area (Å²) in [7, 11) is 1.32. The number of nitrogens with one attached hydrogen (secondary N) is 1. The first-order valence-corrected chi connectivity index (χ1v) is 7.40. The maximum absolute atomic E-state index is 11.7. The number of aromatic nitrogens is 1. The zero-order chi connectivity index (χ0) is 15.1. The molecule has 1 aromatic carbocycles. The highest BCUT2D eigenvalue weighted by Gasteiger charge is 2.09. The first kappa shape index (κ1) is 15.2. The second-order valence-electron chi connectivity index (χ2n) is 4.36. The third-order valence-electron chi connectivity index (χ3n) is 2.79. The molecule has 0 bridgehead atoms. The Morgan fingerprint density at radius 2 is 2.05 bits per heavy atom. The Kier molecular flexibility index (Phi) is 5.45. The molecule has 0 aliphatic rings. The number of hydrogen-bond acceptors (Lipinski definition) is 5. The predicted molar refractivity (Wildman–Crippen MR) is 80.9 cm³/mol. The molecule has 110 valence electrons. The molecule has 0 atom stereocenters. The first-order valence-electron chi connectivity index (χ1n) is 6.52. The number of rotatable bonds is 6. The van der Waals surface area contributed by atoms with Crippen LogP contribution in [0.1, 0.15) is 12.1 Å². The number of thiazole rings is 1. The van der Waals surface area contributed by atoms with Crippen LogP contribution in [0.15, 0.2) is 35.7 Å². The van der Waals surface area contributed by atoms with E-state index in [-0.39, 0.29) is 31.3 Å². The number of ether oxygens (including phenoxy) is 1. The molecule has 0 aliphatic heterocycles.